The number of nitrogens with one attached hydrogen (secondary N) is 1. The number of likely N-dealkylation sites (N-methyl/N-ethyl adjacent to an activating group) is 1. The molecular formula is C11H19N3O. The molecule has 1 rings (SSSR count). The molecule has 1 aromatic rings. The average molecular weight is 209 g/mol. The summed E-state index contributed by atoms with van der Waals surface area (Å²) in [7, 11) is 4.05. The molecule has 0 radical (unpaired) electrons. The van der Waals surface area contributed by atoms with Crippen molar-refractivity contribution in [3.8, 4) is 0 Å². The summed E-state index contributed by atoms with van der Waals surface area (Å²) in [5.74, 6) is 0. The van der Waals surface area contributed by atoms with E-state index in [1.165, 1.54) is 0 Å². The third-order valence-corrected chi connectivity index (χ3v) is 2.14. The van der Waals surface area contributed by atoms with Crippen LogP contribution in [0.1, 0.15) is 11.7 Å². The highest BCUT2D eigenvalue weighted by Gasteiger charge is 2.05. The first-order valence-corrected chi connectivity index (χ1v) is 5.13. The van der Waals surface area contributed by atoms with Gasteiger partial charge < -0.3 is 15.3 Å². The summed E-state index contributed by atoms with van der Waals surface area (Å²) in [6, 6.07) is 3.71. The minimum atomic E-state index is -0.471. The molecule has 0 spiro atoms. The summed E-state index contributed by atoms with van der Waals surface area (Å²) in [5, 5.41) is 13.0. The van der Waals surface area contributed by atoms with Gasteiger partial charge in [0.25, 0.3) is 0 Å². The molecule has 1 unspecified atom stereocenters. The Hall–Kier alpha value is -0.970. The topological polar surface area (TPSA) is 48.4 Å². The Kier molecular flexibility index (Phi) is 5.25. The molecule has 0 bridgehead atoms. The van der Waals surface area contributed by atoms with Crippen LogP contribution in [0.2, 0.25) is 0 Å². The Morgan fingerprint density at radius 1 is 1.53 bits per heavy atom. The third-order valence-electron chi connectivity index (χ3n) is 2.14. The van der Waals surface area contributed by atoms with Crippen LogP contribution >= 0.6 is 0 Å². The predicted molar refractivity (Wildman–Crippen MR) is 60.6 cm³/mol. The number of nitrogens with zero attached hydrogens (tertiary/aromatic N) is 2. The van der Waals surface area contributed by atoms with Gasteiger partial charge in [-0.25, -0.2) is 0 Å². The van der Waals surface area contributed by atoms with Gasteiger partial charge >= 0.3 is 0 Å². The van der Waals surface area contributed by atoms with Crippen LogP contribution in [0, 0.1) is 0 Å². The number of hydrogen-bond acceptors (Lipinski definition) is 4. The molecular weight excluding hydrogens is 190 g/mol. The molecule has 0 aliphatic carbocycles. The van der Waals surface area contributed by atoms with Crippen LogP contribution in [0.4, 0.5) is 0 Å². The highest BCUT2D eigenvalue weighted by Crippen LogP contribution is 2.08. The molecule has 4 nitrogen and oxygen atoms in total. The molecule has 0 aromatic carbocycles. The Labute approximate surface area is 90.9 Å². The lowest BCUT2D eigenvalue weighted by Crippen LogP contribution is -2.29. The van der Waals surface area contributed by atoms with Gasteiger partial charge in [0.2, 0.25) is 0 Å². The van der Waals surface area contributed by atoms with Crippen molar-refractivity contribution >= 4 is 0 Å². The number of hydrogen-bond donors (Lipinski definition) is 2. The highest BCUT2D eigenvalue weighted by molar-refractivity contribution is 5.11. The summed E-state index contributed by atoms with van der Waals surface area (Å²) < 4.78 is 0. The number of rotatable bonds is 6. The van der Waals surface area contributed by atoms with Gasteiger partial charge in [-0.2, -0.15) is 0 Å². The van der Waals surface area contributed by atoms with Crippen LogP contribution in [-0.4, -0.2) is 48.7 Å². The van der Waals surface area contributed by atoms with Crippen molar-refractivity contribution in [1.82, 2.24) is 15.2 Å². The molecule has 0 saturated carbocycles. The molecule has 0 saturated heterocycles. The van der Waals surface area contributed by atoms with E-state index in [9.17, 15) is 5.11 Å². The normalized spacial score (nSPS) is 13.1. The zero-order valence-electron chi connectivity index (χ0n) is 9.35. The van der Waals surface area contributed by atoms with Crippen molar-refractivity contribution in [3.63, 3.8) is 0 Å². The number of aliphatic hydroxyl groups is 1. The summed E-state index contributed by atoms with van der Waals surface area (Å²) in [4.78, 5) is 6.07. The summed E-state index contributed by atoms with van der Waals surface area (Å²) in [5.41, 5.74) is 0.856. The van der Waals surface area contributed by atoms with Gasteiger partial charge in [-0.15, -0.1) is 0 Å². The standard InChI is InChI=1S/C11H19N3O/c1-14(2)7-6-13-9-11(15)10-4-3-5-12-8-10/h3-5,8,11,13,15H,6-7,9H2,1-2H3. The van der Waals surface area contributed by atoms with Crippen molar-refractivity contribution in [2.24, 2.45) is 0 Å². The van der Waals surface area contributed by atoms with E-state index in [2.05, 4.69) is 15.2 Å². The smallest absolute Gasteiger partial charge is 0.0929 e. The van der Waals surface area contributed by atoms with E-state index in [1.54, 1.807) is 12.4 Å². The molecule has 84 valence electrons. The number of pyridine rings is 1. The molecule has 0 fully saturated rings. The predicted octanol–water partition coefficient (Wildman–Crippen LogP) is 0.266. The zero-order chi connectivity index (χ0) is 11.1. The Bertz CT molecular complexity index is 264. The molecule has 0 aliphatic heterocycles. The largest absolute Gasteiger partial charge is 0.387 e. The van der Waals surface area contributed by atoms with Gasteiger partial charge in [0, 0.05) is 37.6 Å². The summed E-state index contributed by atoms with van der Waals surface area (Å²) in [6.07, 6.45) is 2.93. The lowest BCUT2D eigenvalue weighted by Gasteiger charge is -2.13. The lowest BCUT2D eigenvalue weighted by atomic mass is 10.1. The van der Waals surface area contributed by atoms with Gasteiger partial charge in [-0.05, 0) is 20.2 Å². The van der Waals surface area contributed by atoms with Gasteiger partial charge in [-0.1, -0.05) is 6.07 Å². The third kappa shape index (κ3) is 4.88. The zero-order valence-corrected chi connectivity index (χ0v) is 9.35. The SMILES string of the molecule is CN(C)CCNCC(O)c1cccnc1. The van der Waals surface area contributed by atoms with Crippen LogP contribution in [-0.2, 0) is 0 Å². The second kappa shape index (κ2) is 6.50. The van der Waals surface area contributed by atoms with E-state index in [4.69, 9.17) is 0 Å². The molecule has 15 heavy (non-hydrogen) atoms. The second-order valence-corrected chi connectivity index (χ2v) is 3.81. The Morgan fingerprint density at radius 2 is 2.33 bits per heavy atom. The first-order valence-electron chi connectivity index (χ1n) is 5.13. The van der Waals surface area contributed by atoms with Gasteiger partial charge in [0.1, 0.15) is 0 Å². The first-order chi connectivity index (χ1) is 7.20. The molecule has 2 N–H and O–H groups in total. The van der Waals surface area contributed by atoms with E-state index in [1.807, 2.05) is 26.2 Å². The first kappa shape index (κ1) is 12.1. The molecule has 0 amide bonds. The Morgan fingerprint density at radius 3 is 2.93 bits per heavy atom. The maximum absolute atomic E-state index is 9.77. The number of aliphatic hydroxyl groups excluding tert-OH is 1. The van der Waals surface area contributed by atoms with Crippen molar-refractivity contribution in [1.29, 1.82) is 0 Å². The van der Waals surface area contributed by atoms with Crippen LogP contribution < -0.4 is 5.32 Å². The molecule has 0 aliphatic rings. The molecule has 1 atom stereocenters. The monoisotopic (exact) mass is 209 g/mol. The summed E-state index contributed by atoms with van der Waals surface area (Å²) in [6.45, 7) is 2.42. The minimum absolute atomic E-state index is 0.471. The quantitative estimate of drug-likeness (QED) is 0.660. The molecule has 1 aromatic heterocycles. The maximum atomic E-state index is 9.77. The van der Waals surface area contributed by atoms with E-state index < -0.39 is 6.10 Å². The van der Waals surface area contributed by atoms with E-state index in [-0.39, 0.29) is 0 Å². The number of aromatic nitrogens is 1. The van der Waals surface area contributed by atoms with Crippen LogP contribution in [0.25, 0.3) is 0 Å². The van der Waals surface area contributed by atoms with Crippen LogP contribution in [0.3, 0.4) is 0 Å². The van der Waals surface area contributed by atoms with Crippen LogP contribution in [0.5, 0.6) is 0 Å². The fourth-order valence-electron chi connectivity index (χ4n) is 1.23. The highest BCUT2D eigenvalue weighted by atomic mass is 16.3. The lowest BCUT2D eigenvalue weighted by molar-refractivity contribution is 0.173. The minimum Gasteiger partial charge on any atom is -0.387 e. The second-order valence-electron chi connectivity index (χ2n) is 3.81. The van der Waals surface area contributed by atoms with Crippen molar-refractivity contribution < 1.29 is 5.11 Å². The fourth-order valence-corrected chi connectivity index (χ4v) is 1.23. The molecule has 4 heteroatoms. The van der Waals surface area contributed by atoms with E-state index in [0.29, 0.717) is 6.54 Å². The fraction of sp³-hybridized carbons (Fsp3) is 0.545. The van der Waals surface area contributed by atoms with Crippen molar-refractivity contribution in [2.75, 3.05) is 33.7 Å². The average Bonchev–Trinajstić information content (AvgIpc) is 2.25. The van der Waals surface area contributed by atoms with Crippen LogP contribution in [0.15, 0.2) is 24.5 Å². The summed E-state index contributed by atoms with van der Waals surface area (Å²) >= 11 is 0. The van der Waals surface area contributed by atoms with Gasteiger partial charge in [0.15, 0.2) is 0 Å². The van der Waals surface area contributed by atoms with Gasteiger partial charge in [-0.3, -0.25) is 4.98 Å². The van der Waals surface area contributed by atoms with Crippen molar-refractivity contribution in [3.05, 3.63) is 30.1 Å². The molecule has 1 heterocycles. The van der Waals surface area contributed by atoms with E-state index in [0.717, 1.165) is 18.7 Å². The maximum Gasteiger partial charge on any atom is 0.0929 e. The van der Waals surface area contributed by atoms with E-state index >= 15 is 0 Å². The van der Waals surface area contributed by atoms with Gasteiger partial charge in [0.05, 0.1) is 6.10 Å². The van der Waals surface area contributed by atoms with Crippen molar-refractivity contribution in [2.45, 2.75) is 6.10 Å². The Balaban J connectivity index is 2.22.